The van der Waals surface area contributed by atoms with Crippen LogP contribution in [0.1, 0.15) is 96.5 Å². The zero-order valence-electron chi connectivity index (χ0n) is 47.6. The Morgan fingerprint density at radius 1 is 1.04 bits per heavy atom. The van der Waals surface area contributed by atoms with E-state index in [1.807, 2.05) is 50.2 Å². The fourth-order valence-corrected chi connectivity index (χ4v) is 13.3. The molecule has 1 saturated carbocycles. The molecule has 418 valence electrons. The van der Waals surface area contributed by atoms with E-state index in [0.29, 0.717) is 44.1 Å². The Bertz CT molecular complexity index is 2990. The van der Waals surface area contributed by atoms with Gasteiger partial charge in [-0.1, -0.05) is 77.1 Å². The third kappa shape index (κ3) is 10.8. The molecule has 2 amide bonds. The number of likely N-dealkylation sites (N-methyl/N-ethyl adjacent to an activating group) is 2. The van der Waals surface area contributed by atoms with E-state index < -0.39 is 47.6 Å². The third-order valence-corrected chi connectivity index (χ3v) is 17.9. The maximum Gasteiger partial charge on any atom is 0.344 e. The highest BCUT2D eigenvalue weighted by atomic mass is 16.5. The molecule has 3 unspecified atom stereocenters. The van der Waals surface area contributed by atoms with Gasteiger partial charge in [0.2, 0.25) is 5.91 Å². The number of amides is 2. The molecule has 6 heterocycles. The first kappa shape index (κ1) is 55.3. The topological polar surface area (TPSA) is 174 Å². The van der Waals surface area contributed by atoms with Crippen LogP contribution in [0.25, 0.3) is 27.6 Å². The molecule has 4 aromatic rings. The lowest BCUT2D eigenvalue weighted by molar-refractivity contribution is -0.763. The normalized spacial score (nSPS) is 28.5. The van der Waals surface area contributed by atoms with E-state index in [9.17, 15) is 19.6 Å². The van der Waals surface area contributed by atoms with Crippen molar-refractivity contribution < 1.29 is 38.6 Å². The summed E-state index contributed by atoms with van der Waals surface area (Å²) in [6, 6.07) is 19.1. The number of rotatable bonds is 12. The van der Waals surface area contributed by atoms with Crippen LogP contribution in [0.2, 0.25) is 0 Å². The summed E-state index contributed by atoms with van der Waals surface area (Å²) < 4.78 is 20.9. The van der Waals surface area contributed by atoms with Crippen molar-refractivity contribution in [3.8, 4) is 16.9 Å². The molecular formula is C61H82N9O8+. The molecule has 0 spiro atoms. The van der Waals surface area contributed by atoms with Crippen molar-refractivity contribution in [3.63, 3.8) is 0 Å². The van der Waals surface area contributed by atoms with Crippen molar-refractivity contribution in [2.75, 3.05) is 60.6 Å². The van der Waals surface area contributed by atoms with Gasteiger partial charge in [0.15, 0.2) is 10.9 Å². The second-order valence-electron chi connectivity index (χ2n) is 24.3. The number of nitroso groups, excluding NO2 is 1. The number of carbonyl (C=O) groups excluding carboxylic acids is 3. The number of piperazine rings is 1. The molecule has 1 aliphatic carbocycles. The lowest BCUT2D eigenvalue weighted by atomic mass is 9.80. The van der Waals surface area contributed by atoms with Crippen LogP contribution in [-0.2, 0) is 48.0 Å². The number of hydrogen-bond donors (Lipinski definition) is 3. The van der Waals surface area contributed by atoms with Gasteiger partial charge in [0, 0.05) is 86.3 Å². The summed E-state index contributed by atoms with van der Waals surface area (Å²) in [5.41, 5.74) is 11.2. The van der Waals surface area contributed by atoms with Crippen LogP contribution >= 0.6 is 0 Å². The zero-order chi connectivity index (χ0) is 55.5. The summed E-state index contributed by atoms with van der Waals surface area (Å²) in [5, 5.41) is 18.6. The molecule has 4 fully saturated rings. The van der Waals surface area contributed by atoms with E-state index in [1.54, 1.807) is 26.3 Å². The molecule has 17 heteroatoms. The van der Waals surface area contributed by atoms with Crippen molar-refractivity contribution in [1.82, 2.24) is 35.1 Å². The number of hydrazine groups is 2. The number of phenols is 1. The summed E-state index contributed by atoms with van der Waals surface area (Å²) in [7, 11) is 5.52. The first-order valence-electron chi connectivity index (χ1n) is 28.4. The van der Waals surface area contributed by atoms with Crippen molar-refractivity contribution in [1.29, 1.82) is 0 Å². The smallest absolute Gasteiger partial charge is 0.344 e. The van der Waals surface area contributed by atoms with Crippen molar-refractivity contribution in [2.45, 2.75) is 136 Å². The Labute approximate surface area is 459 Å². The molecule has 10 rings (SSSR count). The number of hydrogen-bond acceptors (Lipinski definition) is 12. The van der Waals surface area contributed by atoms with Crippen LogP contribution in [0.3, 0.4) is 0 Å². The molecule has 3 N–H and O–H groups in total. The molecule has 78 heavy (non-hydrogen) atoms. The number of cyclic esters (lactones) is 1. The fraction of sp³-hybridized carbons (Fsp3) is 0.574. The molecule has 0 radical (unpaired) electrons. The number of aromatic hydroxyl groups is 1. The van der Waals surface area contributed by atoms with Gasteiger partial charge in [-0.2, -0.15) is 0 Å². The third-order valence-electron chi connectivity index (χ3n) is 17.9. The number of phenolic OH excluding ortho intramolecular Hbond substituents is 1. The Kier molecular flexibility index (Phi) is 15.8. The molecule has 3 aromatic carbocycles. The van der Waals surface area contributed by atoms with Gasteiger partial charge in [0.05, 0.1) is 54.6 Å². The van der Waals surface area contributed by atoms with Gasteiger partial charge in [-0.25, -0.2) is 5.43 Å². The highest BCUT2D eigenvalue weighted by Crippen LogP contribution is 2.47. The lowest BCUT2D eigenvalue weighted by Gasteiger charge is -2.44. The summed E-state index contributed by atoms with van der Waals surface area (Å²) in [6.45, 7) is 21.2. The van der Waals surface area contributed by atoms with Crippen LogP contribution in [0.5, 0.6) is 5.75 Å². The predicted molar refractivity (Wildman–Crippen MR) is 301 cm³/mol. The van der Waals surface area contributed by atoms with Gasteiger partial charge < -0.3 is 34.1 Å². The molecule has 17 nitrogen and oxygen atoms in total. The number of methoxy groups -OCH3 is 1. The second kappa shape index (κ2) is 22.3. The number of carbonyl (C=O) groups is 3. The van der Waals surface area contributed by atoms with E-state index in [1.165, 1.54) is 10.0 Å². The molecular weight excluding hydrogens is 987 g/mol. The minimum absolute atomic E-state index is 0.00309. The Morgan fingerprint density at radius 3 is 2.53 bits per heavy atom. The predicted octanol–water partition coefficient (Wildman–Crippen LogP) is 7.19. The number of aryl methyl sites for hydroxylation is 1. The number of fused-ring (bicyclic) bond motifs is 8. The van der Waals surface area contributed by atoms with E-state index in [2.05, 4.69) is 98.1 Å². The average Bonchev–Trinajstić information content (AvgIpc) is 4.18. The quantitative estimate of drug-likeness (QED) is 0.0742. The lowest BCUT2D eigenvalue weighted by Crippen LogP contribution is -2.63. The maximum absolute atomic E-state index is 15.1. The number of nitrogens with one attached hydrogen (secondary N) is 2. The average molecular weight is 1070 g/mol. The fourth-order valence-electron chi connectivity index (χ4n) is 13.3. The molecule has 6 aliphatic rings. The van der Waals surface area contributed by atoms with Gasteiger partial charge in [0.1, 0.15) is 17.8 Å². The van der Waals surface area contributed by atoms with Gasteiger partial charge in [-0.15, -0.1) is 5.01 Å². The maximum atomic E-state index is 15.1. The number of ether oxygens (including phenoxy) is 3. The Hall–Kier alpha value is -5.98. The van der Waals surface area contributed by atoms with Crippen molar-refractivity contribution >= 4 is 40.5 Å². The summed E-state index contributed by atoms with van der Waals surface area (Å²) >= 11 is 0. The van der Waals surface area contributed by atoms with E-state index in [-0.39, 0.29) is 60.5 Å². The van der Waals surface area contributed by atoms with Crippen LogP contribution in [0, 0.1) is 34.0 Å². The monoisotopic (exact) mass is 1070 g/mol. The van der Waals surface area contributed by atoms with Crippen molar-refractivity contribution in [3.05, 3.63) is 99.7 Å². The highest BCUT2D eigenvalue weighted by Gasteiger charge is 2.54. The van der Waals surface area contributed by atoms with E-state index >= 15 is 4.79 Å². The first-order chi connectivity index (χ1) is 37.3. The number of esters is 1. The van der Waals surface area contributed by atoms with Crippen LogP contribution in [-0.4, -0.2) is 161 Å². The van der Waals surface area contributed by atoms with Gasteiger partial charge in [0.25, 0.3) is 5.91 Å². The summed E-state index contributed by atoms with van der Waals surface area (Å²) in [5.74, 6) is -1.84. The zero-order valence-corrected chi connectivity index (χ0v) is 47.6. The minimum Gasteiger partial charge on any atom is -0.508 e. The molecule has 6 bridgehead atoms. The standard InChI is InChI=1S/C61H81N9O8/c1-12-68-50-19-18-41-28-47(50)48(56(68)52-37(5)51(31-62-53(52)38(6)76-11)67-22-21-65(9)36(4)32-67)30-61(7,8)34-78-60(74)54-46-29-43(46)33-69(64-54)58(73)49(26-39-24-42(41)27-44(71)25-39)63-57(72)55(35(2)3)66(10)70(75)59-45(20-23-77-59)40-16-14-13-15-17-40/h13-19,24-25,27-28,31,35-38,43,45-46,49,51,54-55,59,64H,12,20-23,26,29-30,32-34H2,1-11H3,(H-,63,71,72)/p+1/t36-,37?,38+,43?,45-,46+,49+,51?,54+,55+,59-/m1/s1. The number of benzene rings is 3. The van der Waals surface area contributed by atoms with Crippen molar-refractivity contribution in [2.24, 2.45) is 34.1 Å². The van der Waals surface area contributed by atoms with E-state index in [4.69, 9.17) is 19.2 Å². The Balaban J connectivity index is 1.05. The minimum atomic E-state index is -1.16. The number of aromatic nitrogens is 1. The van der Waals surface area contributed by atoms with Gasteiger partial charge in [-0.3, -0.25) is 29.3 Å². The summed E-state index contributed by atoms with van der Waals surface area (Å²) in [6.07, 6.45) is 2.95. The number of nitrogens with zero attached hydrogens (tertiary/aromatic N) is 7. The van der Waals surface area contributed by atoms with Gasteiger partial charge >= 0.3 is 12.2 Å². The molecule has 3 saturated heterocycles. The molecule has 1 aromatic heterocycles. The summed E-state index contributed by atoms with van der Waals surface area (Å²) in [4.78, 5) is 69.9. The van der Waals surface area contributed by atoms with Crippen LogP contribution < -0.4 is 10.7 Å². The molecule has 5 aliphatic heterocycles. The Morgan fingerprint density at radius 2 is 1.81 bits per heavy atom. The second-order valence-corrected chi connectivity index (χ2v) is 24.3. The van der Waals surface area contributed by atoms with Crippen LogP contribution in [0.4, 0.5) is 0 Å². The number of aliphatic imine (C=N–C) groups is 1. The van der Waals surface area contributed by atoms with Gasteiger partial charge in [-0.05, 0) is 117 Å². The largest absolute Gasteiger partial charge is 0.508 e. The SMILES string of the molecule is CCn1c(C2=C([C@H](C)OC)N=CC(N3CCN(C)[C@H](C)C3)C2C)c2c3cc(ccc31)-c1cc(O)cc(c1)C[C@H](NC(=O)[C@H](C(C)C)N(C)[N+](=O)[C@@H]1OCC[C@@H]1c1ccccc1)C(=O)N1CC3C[C@@H]3[C@H](N1)C(=O)OCC(C)(C)C2. The van der Waals surface area contributed by atoms with Crippen LogP contribution in [0.15, 0.2) is 77.4 Å². The highest BCUT2D eigenvalue weighted by molar-refractivity contribution is 5.96. The first-order valence-corrected chi connectivity index (χ1v) is 28.4. The molecule has 11 atom stereocenters. The van der Waals surface area contributed by atoms with E-state index in [0.717, 1.165) is 81.0 Å².